The summed E-state index contributed by atoms with van der Waals surface area (Å²) in [6.45, 7) is 0. The minimum Gasteiger partial charge on any atom is -0.457 e. The third kappa shape index (κ3) is 3.71. The Balaban J connectivity index is 1.39. The molecule has 0 aromatic heterocycles. The number of anilines is 2. The van der Waals surface area contributed by atoms with Crippen LogP contribution in [0.1, 0.15) is 0 Å². The van der Waals surface area contributed by atoms with Gasteiger partial charge in [0.25, 0.3) is 0 Å². The molecular weight excluding hydrogens is 386 g/mol. The third-order valence-electron chi connectivity index (χ3n) is 4.43. The van der Waals surface area contributed by atoms with Crippen molar-refractivity contribution in [3.63, 3.8) is 0 Å². The summed E-state index contributed by atoms with van der Waals surface area (Å²) in [6.07, 6.45) is 0. The molecule has 0 fully saturated rings. The van der Waals surface area contributed by atoms with Crippen molar-refractivity contribution in [2.24, 2.45) is 0 Å². The van der Waals surface area contributed by atoms with Crippen LogP contribution in [0.2, 0.25) is 5.02 Å². The van der Waals surface area contributed by atoms with E-state index in [-0.39, 0.29) is 0 Å². The van der Waals surface area contributed by atoms with Crippen molar-refractivity contribution in [3.8, 4) is 34.5 Å². The standard InChI is InChI=1S/C24H16ClNO3/c25-19-8-4-5-9-22(19)28-18-11-13-24-21(15-18)26-20-14-17(10-12-23(20)29-24)27-16-6-2-1-3-7-16/h1-15,26H. The van der Waals surface area contributed by atoms with E-state index < -0.39 is 0 Å². The number of ether oxygens (including phenoxy) is 3. The zero-order chi connectivity index (χ0) is 19.6. The van der Waals surface area contributed by atoms with Crippen molar-refractivity contribution in [2.45, 2.75) is 0 Å². The number of halogens is 1. The molecule has 4 nitrogen and oxygen atoms in total. The number of benzene rings is 4. The highest BCUT2D eigenvalue weighted by atomic mass is 35.5. The van der Waals surface area contributed by atoms with Crippen molar-refractivity contribution < 1.29 is 14.2 Å². The summed E-state index contributed by atoms with van der Waals surface area (Å²) in [7, 11) is 0. The minimum absolute atomic E-state index is 0.558. The second-order valence-corrected chi connectivity index (χ2v) is 6.90. The van der Waals surface area contributed by atoms with Crippen LogP contribution >= 0.6 is 11.6 Å². The van der Waals surface area contributed by atoms with Crippen LogP contribution in [-0.2, 0) is 0 Å². The largest absolute Gasteiger partial charge is 0.457 e. The number of nitrogens with one attached hydrogen (secondary N) is 1. The number of hydrogen-bond donors (Lipinski definition) is 1. The molecule has 0 atom stereocenters. The van der Waals surface area contributed by atoms with Gasteiger partial charge in [0.1, 0.15) is 23.0 Å². The van der Waals surface area contributed by atoms with Gasteiger partial charge in [0.05, 0.1) is 16.4 Å². The van der Waals surface area contributed by atoms with E-state index >= 15 is 0 Å². The summed E-state index contributed by atoms with van der Waals surface area (Å²) in [5, 5.41) is 3.95. The molecular formula is C24H16ClNO3. The first kappa shape index (κ1) is 17.5. The van der Waals surface area contributed by atoms with E-state index in [9.17, 15) is 0 Å². The molecule has 0 saturated carbocycles. The van der Waals surface area contributed by atoms with Gasteiger partial charge >= 0.3 is 0 Å². The van der Waals surface area contributed by atoms with Gasteiger partial charge < -0.3 is 19.5 Å². The minimum atomic E-state index is 0.558. The zero-order valence-corrected chi connectivity index (χ0v) is 16.0. The molecule has 0 unspecified atom stereocenters. The summed E-state index contributed by atoms with van der Waals surface area (Å²) in [5.41, 5.74) is 1.62. The van der Waals surface area contributed by atoms with Gasteiger partial charge in [-0.3, -0.25) is 0 Å². The Hall–Kier alpha value is -3.63. The van der Waals surface area contributed by atoms with Crippen molar-refractivity contribution in [2.75, 3.05) is 5.32 Å². The van der Waals surface area contributed by atoms with Gasteiger partial charge in [0.15, 0.2) is 11.5 Å². The molecule has 5 rings (SSSR count). The van der Waals surface area contributed by atoms with Crippen LogP contribution < -0.4 is 19.5 Å². The Morgan fingerprint density at radius 3 is 1.93 bits per heavy atom. The van der Waals surface area contributed by atoms with Gasteiger partial charge in [-0.15, -0.1) is 0 Å². The first-order valence-corrected chi connectivity index (χ1v) is 9.51. The van der Waals surface area contributed by atoms with Crippen LogP contribution in [-0.4, -0.2) is 0 Å². The van der Waals surface area contributed by atoms with Crippen molar-refractivity contribution in [3.05, 3.63) is 96.0 Å². The Morgan fingerprint density at radius 2 is 1.24 bits per heavy atom. The van der Waals surface area contributed by atoms with Gasteiger partial charge in [-0.25, -0.2) is 0 Å². The van der Waals surface area contributed by atoms with E-state index in [4.69, 9.17) is 25.8 Å². The highest BCUT2D eigenvalue weighted by Crippen LogP contribution is 2.45. The molecule has 0 aliphatic carbocycles. The topological polar surface area (TPSA) is 39.7 Å². The molecule has 5 heteroatoms. The summed E-state index contributed by atoms with van der Waals surface area (Å²) in [6, 6.07) is 28.3. The lowest BCUT2D eigenvalue weighted by Gasteiger charge is -2.23. The van der Waals surface area contributed by atoms with E-state index in [2.05, 4.69) is 5.32 Å². The van der Waals surface area contributed by atoms with Crippen LogP contribution in [0.15, 0.2) is 91.0 Å². The van der Waals surface area contributed by atoms with Crippen LogP contribution in [0.4, 0.5) is 11.4 Å². The molecule has 142 valence electrons. The Kier molecular flexibility index (Phi) is 4.47. The maximum absolute atomic E-state index is 6.19. The molecule has 4 aromatic carbocycles. The quantitative estimate of drug-likeness (QED) is 0.334. The number of rotatable bonds is 4. The summed E-state index contributed by atoms with van der Waals surface area (Å²) >= 11 is 6.19. The summed E-state index contributed by atoms with van der Waals surface area (Å²) in [4.78, 5) is 0. The highest BCUT2D eigenvalue weighted by molar-refractivity contribution is 6.32. The van der Waals surface area contributed by atoms with Gasteiger partial charge in [0, 0.05) is 12.1 Å². The molecule has 29 heavy (non-hydrogen) atoms. The second kappa shape index (κ2) is 7.41. The van der Waals surface area contributed by atoms with Crippen LogP contribution in [0.3, 0.4) is 0 Å². The van der Waals surface area contributed by atoms with Gasteiger partial charge in [-0.05, 0) is 48.5 Å². The third-order valence-corrected chi connectivity index (χ3v) is 4.75. The predicted octanol–water partition coefficient (Wildman–Crippen LogP) is 7.77. The maximum Gasteiger partial charge on any atom is 0.151 e. The van der Waals surface area contributed by atoms with Crippen LogP contribution in [0, 0.1) is 0 Å². The molecule has 1 aliphatic heterocycles. The number of hydrogen-bond acceptors (Lipinski definition) is 4. The summed E-state index contributed by atoms with van der Waals surface area (Å²) < 4.78 is 17.8. The SMILES string of the molecule is Clc1ccccc1Oc1ccc2c(c1)Nc1cc(Oc3ccccc3)ccc1O2. The van der Waals surface area contributed by atoms with Gasteiger partial charge in [-0.2, -0.15) is 0 Å². The van der Waals surface area contributed by atoms with Crippen molar-refractivity contribution in [1.82, 2.24) is 0 Å². The number of para-hydroxylation sites is 2. The molecule has 4 aromatic rings. The second-order valence-electron chi connectivity index (χ2n) is 6.49. The predicted molar refractivity (Wildman–Crippen MR) is 114 cm³/mol. The first-order valence-electron chi connectivity index (χ1n) is 9.13. The lowest BCUT2D eigenvalue weighted by Crippen LogP contribution is -2.03. The van der Waals surface area contributed by atoms with Crippen LogP contribution in [0.25, 0.3) is 0 Å². The average Bonchev–Trinajstić information content (AvgIpc) is 2.75. The monoisotopic (exact) mass is 401 g/mol. The molecule has 1 heterocycles. The average molecular weight is 402 g/mol. The fourth-order valence-corrected chi connectivity index (χ4v) is 3.24. The van der Waals surface area contributed by atoms with E-state index in [1.807, 2.05) is 84.9 Å². The molecule has 1 N–H and O–H groups in total. The molecule has 0 saturated heterocycles. The van der Waals surface area contributed by atoms with Gasteiger partial charge in [-0.1, -0.05) is 41.9 Å². The molecule has 1 aliphatic rings. The van der Waals surface area contributed by atoms with Crippen LogP contribution in [0.5, 0.6) is 34.5 Å². The van der Waals surface area contributed by atoms with E-state index in [1.165, 1.54) is 0 Å². The molecule has 0 amide bonds. The zero-order valence-electron chi connectivity index (χ0n) is 15.3. The highest BCUT2D eigenvalue weighted by Gasteiger charge is 2.18. The van der Waals surface area contributed by atoms with E-state index in [0.717, 1.165) is 34.4 Å². The van der Waals surface area contributed by atoms with Crippen molar-refractivity contribution >= 4 is 23.0 Å². The molecule has 0 bridgehead atoms. The molecule has 0 spiro atoms. The first-order chi connectivity index (χ1) is 14.2. The van der Waals surface area contributed by atoms with Crippen molar-refractivity contribution in [1.29, 1.82) is 0 Å². The Labute approximate surface area is 173 Å². The fourth-order valence-electron chi connectivity index (χ4n) is 3.06. The Bertz CT molecular complexity index is 1180. The lowest BCUT2D eigenvalue weighted by molar-refractivity contribution is 0.463. The van der Waals surface area contributed by atoms with E-state index in [1.54, 1.807) is 6.07 Å². The normalized spacial score (nSPS) is 11.5. The smallest absolute Gasteiger partial charge is 0.151 e. The number of fused-ring (bicyclic) bond motifs is 2. The van der Waals surface area contributed by atoms with Gasteiger partial charge in [0.2, 0.25) is 0 Å². The van der Waals surface area contributed by atoms with E-state index in [0.29, 0.717) is 16.5 Å². The maximum atomic E-state index is 6.19. The molecule has 0 radical (unpaired) electrons. The Morgan fingerprint density at radius 1 is 0.621 bits per heavy atom. The summed E-state index contributed by atoms with van der Waals surface area (Å²) in [5.74, 6) is 4.22. The lowest BCUT2D eigenvalue weighted by atomic mass is 10.2. The fraction of sp³-hybridized carbons (Fsp3) is 0.